The lowest BCUT2D eigenvalue weighted by atomic mass is 10.0. The van der Waals surface area contributed by atoms with Crippen LogP contribution in [-0.2, 0) is 9.47 Å². The molecule has 0 radical (unpaired) electrons. The molecule has 1 fully saturated rings. The summed E-state index contributed by atoms with van der Waals surface area (Å²) < 4.78 is 20.6. The van der Waals surface area contributed by atoms with Crippen LogP contribution in [0.5, 0.6) is 5.75 Å². The van der Waals surface area contributed by atoms with Crippen molar-refractivity contribution in [3.63, 3.8) is 0 Å². The van der Waals surface area contributed by atoms with E-state index in [9.17, 15) is 0 Å². The van der Waals surface area contributed by atoms with Crippen molar-refractivity contribution in [2.24, 2.45) is 0 Å². The molecular weight excluding hydrogens is 604 g/mol. The molecule has 1 saturated heterocycles. The quantitative estimate of drug-likeness (QED) is 0.298. The predicted molar refractivity (Wildman–Crippen MR) is 137 cm³/mol. The largest absolute Gasteiger partial charge is 0.491 e. The Morgan fingerprint density at radius 2 is 1.75 bits per heavy atom. The number of rotatable bonds is 8. The van der Waals surface area contributed by atoms with Gasteiger partial charge in [-0.1, -0.05) is 39.7 Å². The molecule has 1 aliphatic carbocycles. The Hall–Kier alpha value is -1.22. The molecule has 0 unspecified atom stereocenters. The maximum Gasteiger partial charge on any atom is 0.231 e. The Bertz CT molecular complexity index is 911. The van der Waals surface area contributed by atoms with Crippen molar-refractivity contribution in [2.45, 2.75) is 25.7 Å². The molecule has 1 aromatic rings. The highest BCUT2D eigenvalue weighted by molar-refractivity contribution is 9.11. The van der Waals surface area contributed by atoms with E-state index >= 15 is 0 Å². The first-order chi connectivity index (χ1) is 15.6. The lowest BCUT2D eigenvalue weighted by Crippen LogP contribution is -2.46. The highest BCUT2D eigenvalue weighted by Gasteiger charge is 2.22. The molecule has 0 atom stereocenters. The molecule has 2 aliphatic heterocycles. The van der Waals surface area contributed by atoms with Gasteiger partial charge in [-0.2, -0.15) is 0 Å². The molecule has 0 amide bonds. The van der Waals surface area contributed by atoms with Crippen molar-refractivity contribution in [2.75, 3.05) is 39.3 Å². The summed E-state index contributed by atoms with van der Waals surface area (Å²) in [6, 6.07) is 3.99. The lowest BCUT2D eigenvalue weighted by molar-refractivity contribution is 0.0806. The zero-order valence-corrected chi connectivity index (χ0v) is 22.6. The van der Waals surface area contributed by atoms with Crippen LogP contribution in [0.4, 0.5) is 0 Å². The van der Waals surface area contributed by atoms with Crippen LogP contribution in [0.1, 0.15) is 25.7 Å². The number of benzene rings is 1. The predicted octanol–water partition coefficient (Wildman–Crippen LogP) is 6.71. The minimum Gasteiger partial charge on any atom is -0.491 e. The van der Waals surface area contributed by atoms with E-state index in [2.05, 4.69) is 75.8 Å². The highest BCUT2D eigenvalue weighted by atomic mass is 79.9. The van der Waals surface area contributed by atoms with Crippen molar-refractivity contribution in [1.82, 2.24) is 9.80 Å². The summed E-state index contributed by atoms with van der Waals surface area (Å²) in [7, 11) is 0. The van der Waals surface area contributed by atoms with E-state index in [1.54, 1.807) is 12.5 Å². The first-order valence-corrected chi connectivity index (χ1v) is 13.3. The SMILES string of the molecule is Brc1cc(Br)c(OCCCN2CCN(C3=COC(CC4=CC=CCC4)=CO3)CC2)c(Br)c1. The standard InChI is InChI=1S/C24H27Br3N2O3/c25-19-14-21(26)24(22(27)15-19)30-12-4-7-28-8-10-29(11-9-28)23-17-31-20(16-32-23)13-18-5-2-1-3-6-18/h1-2,5,14-17H,3-4,6-13H2. The molecule has 172 valence electrons. The molecule has 0 bridgehead atoms. The van der Waals surface area contributed by atoms with Gasteiger partial charge in [0.05, 0.1) is 15.6 Å². The Kier molecular flexibility index (Phi) is 8.80. The average molecular weight is 631 g/mol. The molecule has 4 rings (SSSR count). The first kappa shape index (κ1) is 23.9. The van der Waals surface area contributed by atoms with Crippen LogP contribution in [0.3, 0.4) is 0 Å². The maximum absolute atomic E-state index is 5.98. The van der Waals surface area contributed by atoms with Gasteiger partial charge in [-0.05, 0) is 63.3 Å². The van der Waals surface area contributed by atoms with Gasteiger partial charge in [-0.15, -0.1) is 0 Å². The van der Waals surface area contributed by atoms with Gasteiger partial charge in [0.25, 0.3) is 0 Å². The van der Waals surface area contributed by atoms with E-state index in [1.165, 1.54) is 5.57 Å². The van der Waals surface area contributed by atoms with Crippen molar-refractivity contribution < 1.29 is 14.2 Å². The van der Waals surface area contributed by atoms with Gasteiger partial charge in [0.1, 0.15) is 17.8 Å². The molecule has 2 heterocycles. The first-order valence-electron chi connectivity index (χ1n) is 10.9. The number of hydrogen-bond donors (Lipinski definition) is 0. The highest BCUT2D eigenvalue weighted by Crippen LogP contribution is 2.36. The molecule has 0 spiro atoms. The monoisotopic (exact) mass is 628 g/mol. The van der Waals surface area contributed by atoms with E-state index in [-0.39, 0.29) is 0 Å². The third-order valence-corrected chi connectivity index (χ3v) is 7.27. The Morgan fingerprint density at radius 1 is 0.969 bits per heavy atom. The fourth-order valence-corrected chi connectivity index (χ4v) is 6.37. The van der Waals surface area contributed by atoms with Crippen LogP contribution in [0, 0.1) is 0 Å². The minimum atomic E-state index is 0.681. The van der Waals surface area contributed by atoms with E-state index in [1.807, 2.05) is 12.1 Å². The second-order valence-corrected chi connectivity index (χ2v) is 10.6. The number of hydrogen-bond acceptors (Lipinski definition) is 5. The van der Waals surface area contributed by atoms with Crippen LogP contribution in [0.2, 0.25) is 0 Å². The number of nitrogens with zero attached hydrogens (tertiary/aromatic N) is 2. The zero-order chi connectivity index (χ0) is 22.3. The fourth-order valence-electron chi connectivity index (χ4n) is 3.88. The summed E-state index contributed by atoms with van der Waals surface area (Å²) in [6.07, 6.45) is 14.0. The molecule has 32 heavy (non-hydrogen) atoms. The normalized spacial score (nSPS) is 19.0. The van der Waals surface area contributed by atoms with E-state index in [0.717, 1.165) is 89.2 Å². The smallest absolute Gasteiger partial charge is 0.231 e. The van der Waals surface area contributed by atoms with Crippen LogP contribution in [0.15, 0.2) is 73.5 Å². The molecule has 8 heteroatoms. The van der Waals surface area contributed by atoms with Gasteiger partial charge >= 0.3 is 0 Å². The molecule has 1 aromatic carbocycles. The summed E-state index contributed by atoms with van der Waals surface area (Å²) >= 11 is 10.6. The second kappa shape index (κ2) is 11.8. The Balaban J connectivity index is 1.14. The molecule has 0 saturated carbocycles. The molecule has 0 aromatic heterocycles. The van der Waals surface area contributed by atoms with Crippen molar-refractivity contribution in [3.8, 4) is 5.75 Å². The minimum absolute atomic E-state index is 0.681. The fraction of sp³-hybridized carbons (Fsp3) is 0.417. The van der Waals surface area contributed by atoms with E-state index in [0.29, 0.717) is 6.61 Å². The third kappa shape index (κ3) is 6.65. The van der Waals surface area contributed by atoms with E-state index < -0.39 is 0 Å². The second-order valence-electron chi connectivity index (χ2n) is 7.97. The van der Waals surface area contributed by atoms with Gasteiger partial charge in [0.15, 0.2) is 6.26 Å². The summed E-state index contributed by atoms with van der Waals surface area (Å²) in [5.74, 6) is 2.53. The van der Waals surface area contributed by atoms with Crippen molar-refractivity contribution >= 4 is 47.8 Å². The van der Waals surface area contributed by atoms with Gasteiger partial charge in [0.2, 0.25) is 5.88 Å². The molecular formula is C24H27Br3N2O3. The summed E-state index contributed by atoms with van der Waals surface area (Å²) in [6.45, 7) is 5.56. The van der Waals surface area contributed by atoms with E-state index in [4.69, 9.17) is 14.2 Å². The van der Waals surface area contributed by atoms with Gasteiger partial charge in [0, 0.05) is 43.6 Å². The number of halogens is 3. The van der Waals surface area contributed by atoms with Gasteiger partial charge in [-0.3, -0.25) is 4.90 Å². The lowest BCUT2D eigenvalue weighted by Gasteiger charge is -2.36. The molecule has 3 aliphatic rings. The Morgan fingerprint density at radius 3 is 2.41 bits per heavy atom. The summed E-state index contributed by atoms with van der Waals surface area (Å²) in [5, 5.41) is 0. The topological polar surface area (TPSA) is 34.2 Å². The Labute approximate surface area is 215 Å². The van der Waals surface area contributed by atoms with Crippen LogP contribution < -0.4 is 4.74 Å². The molecule has 5 nitrogen and oxygen atoms in total. The average Bonchev–Trinajstić information content (AvgIpc) is 2.80. The zero-order valence-electron chi connectivity index (χ0n) is 17.9. The molecule has 0 N–H and O–H groups in total. The number of allylic oxidation sites excluding steroid dienone is 4. The summed E-state index contributed by atoms with van der Waals surface area (Å²) in [4.78, 5) is 4.72. The summed E-state index contributed by atoms with van der Waals surface area (Å²) in [5.41, 5.74) is 1.39. The number of piperazine rings is 1. The third-order valence-electron chi connectivity index (χ3n) is 5.64. The maximum atomic E-state index is 5.98. The van der Waals surface area contributed by atoms with Crippen LogP contribution in [-0.4, -0.2) is 49.1 Å². The number of ether oxygens (including phenoxy) is 3. The van der Waals surface area contributed by atoms with Crippen LogP contribution >= 0.6 is 47.8 Å². The van der Waals surface area contributed by atoms with Crippen LogP contribution in [0.25, 0.3) is 0 Å². The van der Waals surface area contributed by atoms with Gasteiger partial charge in [-0.25, -0.2) is 0 Å². The van der Waals surface area contributed by atoms with Gasteiger partial charge < -0.3 is 19.1 Å². The van der Waals surface area contributed by atoms with Crippen molar-refractivity contribution in [3.05, 3.63) is 73.5 Å². The van der Waals surface area contributed by atoms with Crippen molar-refractivity contribution in [1.29, 1.82) is 0 Å².